The molecular weight excluding hydrogens is 280 g/mol. The summed E-state index contributed by atoms with van der Waals surface area (Å²) in [5, 5.41) is 7.76. The maximum Gasteiger partial charge on any atom is 0.329 e. The molecule has 0 unspecified atom stereocenters. The van der Waals surface area contributed by atoms with Crippen molar-refractivity contribution in [2.45, 2.75) is 32.6 Å². The number of aryl methyl sites for hydroxylation is 1. The Labute approximate surface area is 129 Å². The van der Waals surface area contributed by atoms with Crippen LogP contribution in [0.1, 0.15) is 32.8 Å². The van der Waals surface area contributed by atoms with Gasteiger partial charge in [-0.1, -0.05) is 26.8 Å². The van der Waals surface area contributed by atoms with Gasteiger partial charge in [0.25, 0.3) is 0 Å². The van der Waals surface area contributed by atoms with Crippen molar-refractivity contribution in [3.05, 3.63) is 23.8 Å². The minimum absolute atomic E-state index is 0.0153. The Hall–Kier alpha value is -2.37. The Morgan fingerprint density at radius 1 is 1.23 bits per heavy atom. The lowest BCUT2D eigenvalue weighted by molar-refractivity contribution is -0.120. The minimum atomic E-state index is -0.405. The van der Waals surface area contributed by atoms with Crippen LogP contribution in [0.2, 0.25) is 0 Å². The van der Waals surface area contributed by atoms with Crippen molar-refractivity contribution < 1.29 is 9.59 Å². The molecule has 3 rings (SSSR count). The summed E-state index contributed by atoms with van der Waals surface area (Å²) in [5.74, 6) is 0.366. The van der Waals surface area contributed by atoms with Gasteiger partial charge in [0.1, 0.15) is 0 Å². The molecule has 0 radical (unpaired) electrons. The number of imide groups is 1. The smallest absolute Gasteiger partial charge is 0.278 e. The van der Waals surface area contributed by atoms with Crippen molar-refractivity contribution in [1.29, 1.82) is 0 Å². The van der Waals surface area contributed by atoms with Crippen LogP contribution < -0.4 is 10.2 Å². The normalized spacial score (nSPS) is 16.3. The van der Waals surface area contributed by atoms with Crippen molar-refractivity contribution >= 4 is 28.7 Å². The van der Waals surface area contributed by atoms with E-state index in [4.69, 9.17) is 0 Å². The summed E-state index contributed by atoms with van der Waals surface area (Å²) < 4.78 is 1.76. The summed E-state index contributed by atoms with van der Waals surface area (Å²) in [7, 11) is 1.86. The summed E-state index contributed by atoms with van der Waals surface area (Å²) >= 11 is 0. The zero-order valence-corrected chi connectivity index (χ0v) is 13.3. The molecule has 116 valence electrons. The monoisotopic (exact) mass is 300 g/mol. The Bertz CT molecular complexity index is 770. The van der Waals surface area contributed by atoms with Crippen molar-refractivity contribution in [2.24, 2.45) is 7.05 Å². The maximum absolute atomic E-state index is 12.1. The van der Waals surface area contributed by atoms with Gasteiger partial charge in [-0.05, 0) is 23.1 Å². The third-order valence-corrected chi connectivity index (χ3v) is 4.01. The van der Waals surface area contributed by atoms with E-state index in [1.165, 1.54) is 10.5 Å². The van der Waals surface area contributed by atoms with Crippen LogP contribution in [0.25, 0.3) is 10.9 Å². The molecule has 0 saturated carbocycles. The van der Waals surface area contributed by atoms with Gasteiger partial charge in [0.15, 0.2) is 5.82 Å². The summed E-state index contributed by atoms with van der Waals surface area (Å²) in [6, 6.07) is 5.80. The van der Waals surface area contributed by atoms with Gasteiger partial charge in [0.2, 0.25) is 5.91 Å². The van der Waals surface area contributed by atoms with E-state index in [-0.39, 0.29) is 11.3 Å². The number of hydrogen-bond acceptors (Lipinski definition) is 3. The van der Waals surface area contributed by atoms with Gasteiger partial charge in [0, 0.05) is 25.4 Å². The number of nitrogens with one attached hydrogen (secondary N) is 1. The molecule has 0 bridgehead atoms. The lowest BCUT2D eigenvalue weighted by Crippen LogP contribution is -2.49. The number of carbonyl (C=O) groups excluding carboxylic acids is 2. The fourth-order valence-electron chi connectivity index (χ4n) is 2.68. The van der Waals surface area contributed by atoms with E-state index in [0.717, 1.165) is 10.9 Å². The third kappa shape index (κ3) is 2.34. The number of anilines is 1. The van der Waals surface area contributed by atoms with Gasteiger partial charge in [0.05, 0.1) is 5.52 Å². The van der Waals surface area contributed by atoms with E-state index >= 15 is 0 Å². The predicted molar refractivity (Wildman–Crippen MR) is 84.9 cm³/mol. The molecule has 1 N–H and O–H groups in total. The molecule has 6 heteroatoms. The summed E-state index contributed by atoms with van der Waals surface area (Å²) in [6.45, 7) is 6.81. The molecule has 6 nitrogen and oxygen atoms in total. The second kappa shape index (κ2) is 4.83. The Balaban J connectivity index is 2.13. The average molecular weight is 300 g/mol. The first-order valence-electron chi connectivity index (χ1n) is 7.36. The number of aromatic nitrogens is 2. The highest BCUT2D eigenvalue weighted by atomic mass is 16.2. The standard InChI is InChI=1S/C16H20N4O2/c1-16(2,3)10-5-6-12-11(9-10)14(18-19(12)4)20-8-7-13(21)17-15(20)22/h5-6,9H,7-8H2,1-4H3,(H,17,21,22). The van der Waals surface area contributed by atoms with E-state index in [1.54, 1.807) is 4.68 Å². The molecule has 1 aliphatic heterocycles. The molecule has 1 fully saturated rings. The predicted octanol–water partition coefficient (Wildman–Crippen LogP) is 2.32. The quantitative estimate of drug-likeness (QED) is 0.879. The first-order chi connectivity index (χ1) is 10.3. The Morgan fingerprint density at radius 3 is 2.59 bits per heavy atom. The minimum Gasteiger partial charge on any atom is -0.278 e. The lowest BCUT2D eigenvalue weighted by Gasteiger charge is -2.25. The molecule has 1 aromatic carbocycles. The second-order valence-corrected chi connectivity index (χ2v) is 6.68. The van der Waals surface area contributed by atoms with Crippen LogP contribution >= 0.6 is 0 Å². The number of nitrogens with zero attached hydrogens (tertiary/aromatic N) is 3. The van der Waals surface area contributed by atoms with Gasteiger partial charge in [-0.3, -0.25) is 19.7 Å². The van der Waals surface area contributed by atoms with E-state index in [1.807, 2.05) is 13.1 Å². The molecular formula is C16H20N4O2. The van der Waals surface area contributed by atoms with Crippen LogP contribution in [-0.4, -0.2) is 28.3 Å². The van der Waals surface area contributed by atoms with E-state index in [9.17, 15) is 9.59 Å². The highest BCUT2D eigenvalue weighted by molar-refractivity contribution is 6.08. The second-order valence-electron chi connectivity index (χ2n) is 6.68. The summed E-state index contributed by atoms with van der Waals surface area (Å²) in [6.07, 6.45) is 0.294. The van der Waals surface area contributed by atoms with Crippen molar-refractivity contribution in [2.75, 3.05) is 11.4 Å². The van der Waals surface area contributed by atoms with Gasteiger partial charge in [-0.25, -0.2) is 4.79 Å². The highest BCUT2D eigenvalue weighted by Gasteiger charge is 2.28. The molecule has 2 heterocycles. The average Bonchev–Trinajstić information content (AvgIpc) is 2.75. The number of rotatable bonds is 1. The zero-order valence-electron chi connectivity index (χ0n) is 13.3. The van der Waals surface area contributed by atoms with Gasteiger partial charge < -0.3 is 0 Å². The Morgan fingerprint density at radius 2 is 1.95 bits per heavy atom. The number of urea groups is 1. The van der Waals surface area contributed by atoms with E-state index < -0.39 is 6.03 Å². The van der Waals surface area contributed by atoms with Crippen LogP contribution in [0.15, 0.2) is 18.2 Å². The number of hydrogen-bond donors (Lipinski definition) is 1. The van der Waals surface area contributed by atoms with E-state index in [0.29, 0.717) is 18.8 Å². The van der Waals surface area contributed by atoms with Crippen LogP contribution in [0.4, 0.5) is 10.6 Å². The topological polar surface area (TPSA) is 67.2 Å². The first-order valence-corrected chi connectivity index (χ1v) is 7.36. The van der Waals surface area contributed by atoms with Crippen LogP contribution in [0.3, 0.4) is 0 Å². The molecule has 2 aromatic rings. The highest BCUT2D eigenvalue weighted by Crippen LogP contribution is 2.31. The largest absolute Gasteiger partial charge is 0.329 e. The van der Waals surface area contributed by atoms with Crippen molar-refractivity contribution in [1.82, 2.24) is 15.1 Å². The molecule has 0 aliphatic carbocycles. The summed E-state index contributed by atoms with van der Waals surface area (Å²) in [4.78, 5) is 24.9. The first kappa shape index (κ1) is 14.6. The number of carbonyl (C=O) groups is 2. The van der Waals surface area contributed by atoms with Crippen LogP contribution in [-0.2, 0) is 17.3 Å². The maximum atomic E-state index is 12.1. The summed E-state index contributed by atoms with van der Waals surface area (Å²) in [5.41, 5.74) is 2.16. The Kier molecular flexibility index (Phi) is 3.20. The third-order valence-electron chi connectivity index (χ3n) is 4.01. The van der Waals surface area contributed by atoms with Crippen molar-refractivity contribution in [3.8, 4) is 0 Å². The molecule has 3 amide bonds. The lowest BCUT2D eigenvalue weighted by atomic mass is 9.86. The molecule has 0 spiro atoms. The number of fused-ring (bicyclic) bond motifs is 1. The molecule has 22 heavy (non-hydrogen) atoms. The molecule has 1 saturated heterocycles. The molecule has 1 aromatic heterocycles. The van der Waals surface area contributed by atoms with Crippen molar-refractivity contribution in [3.63, 3.8) is 0 Å². The fraction of sp³-hybridized carbons (Fsp3) is 0.438. The van der Waals surface area contributed by atoms with Crippen LogP contribution in [0, 0.1) is 0 Å². The van der Waals surface area contributed by atoms with E-state index in [2.05, 4.69) is 43.3 Å². The van der Waals surface area contributed by atoms with Crippen LogP contribution in [0.5, 0.6) is 0 Å². The fourth-order valence-corrected chi connectivity index (χ4v) is 2.68. The SMILES string of the molecule is Cn1nc(N2CCC(=O)NC2=O)c2cc(C(C)(C)C)ccc21. The number of amides is 3. The molecule has 0 atom stereocenters. The van der Waals surface area contributed by atoms with Gasteiger partial charge in [-0.15, -0.1) is 0 Å². The zero-order chi connectivity index (χ0) is 16.1. The molecule has 1 aliphatic rings. The number of benzene rings is 1. The van der Waals surface area contributed by atoms with Gasteiger partial charge in [-0.2, -0.15) is 5.10 Å². The van der Waals surface area contributed by atoms with Gasteiger partial charge >= 0.3 is 6.03 Å².